The third-order valence-corrected chi connectivity index (χ3v) is 4.69. The molecule has 13 heavy (non-hydrogen) atoms. The summed E-state index contributed by atoms with van der Waals surface area (Å²) in [6.45, 7) is 0. The zero-order valence-corrected chi connectivity index (χ0v) is 9.22. The molecule has 8 heteroatoms. The number of hydrogen-bond donors (Lipinski definition) is 2. The highest BCUT2D eigenvalue weighted by Gasteiger charge is 2.30. The Labute approximate surface area is 86.3 Å². The van der Waals surface area contributed by atoms with Crippen molar-refractivity contribution < 1.29 is 13.2 Å². The third-order valence-electron chi connectivity index (χ3n) is 1.47. The van der Waals surface area contributed by atoms with Gasteiger partial charge in [0.15, 0.2) is 0 Å². The summed E-state index contributed by atoms with van der Waals surface area (Å²) in [6, 6.07) is -0.730. The minimum Gasteiger partial charge on any atom is -0.304 e. The Balaban J connectivity index is 2.72. The van der Waals surface area contributed by atoms with Gasteiger partial charge in [-0.05, 0) is 15.9 Å². The number of sulfonamides is 1. The average Bonchev–Trinajstić information content (AvgIpc) is 2.31. The molecule has 0 unspecified atom stereocenters. The smallest absolute Gasteiger partial charge is 0.304 e. The lowest BCUT2D eigenvalue weighted by atomic mass is 10.5. The first-order valence-electron chi connectivity index (χ1n) is 3.11. The molecule has 0 saturated carbocycles. The zero-order valence-electron chi connectivity index (χ0n) is 6.00. The van der Waals surface area contributed by atoms with E-state index in [0.29, 0.717) is 9.47 Å². The molecule has 5 nitrogen and oxygen atoms in total. The second-order valence-electron chi connectivity index (χ2n) is 2.31. The summed E-state index contributed by atoms with van der Waals surface area (Å²) in [4.78, 5) is 11.0. The number of rotatable bonds is 0. The summed E-state index contributed by atoms with van der Waals surface area (Å²) in [7, 11) is -3.65. The number of thiophene rings is 1. The summed E-state index contributed by atoms with van der Waals surface area (Å²) in [5, 5.41) is 3.86. The van der Waals surface area contributed by atoms with E-state index in [9.17, 15) is 13.2 Å². The van der Waals surface area contributed by atoms with Crippen LogP contribution in [0, 0.1) is 0 Å². The molecule has 0 bridgehead atoms. The van der Waals surface area contributed by atoms with Crippen molar-refractivity contribution in [1.29, 1.82) is 0 Å². The van der Waals surface area contributed by atoms with Gasteiger partial charge in [-0.1, -0.05) is 0 Å². The van der Waals surface area contributed by atoms with E-state index in [1.165, 1.54) is 16.7 Å². The lowest BCUT2D eigenvalue weighted by Gasteiger charge is -2.14. The Kier molecular flexibility index (Phi) is 1.86. The fraction of sp³-hybridized carbons (Fsp3) is 0. The van der Waals surface area contributed by atoms with Gasteiger partial charge in [-0.25, -0.2) is 17.9 Å². The molecule has 2 amide bonds. The predicted octanol–water partition coefficient (Wildman–Crippen LogP) is 1.33. The van der Waals surface area contributed by atoms with Crippen LogP contribution in [0.5, 0.6) is 0 Å². The van der Waals surface area contributed by atoms with E-state index < -0.39 is 16.1 Å². The molecule has 1 aromatic rings. The van der Waals surface area contributed by atoms with E-state index in [4.69, 9.17) is 0 Å². The summed E-state index contributed by atoms with van der Waals surface area (Å²) >= 11 is 4.35. The Hall–Kier alpha value is -0.600. The van der Waals surface area contributed by atoms with Gasteiger partial charge in [0.05, 0.1) is 9.47 Å². The van der Waals surface area contributed by atoms with Gasteiger partial charge in [0, 0.05) is 5.38 Å². The van der Waals surface area contributed by atoms with E-state index in [2.05, 4.69) is 21.2 Å². The van der Waals surface area contributed by atoms with Crippen molar-refractivity contribution in [2.75, 3.05) is 5.32 Å². The van der Waals surface area contributed by atoms with Gasteiger partial charge in [0.25, 0.3) is 10.0 Å². The fourth-order valence-corrected chi connectivity index (χ4v) is 3.82. The predicted molar refractivity (Wildman–Crippen MR) is 51.4 cm³/mol. The normalized spacial score (nSPS) is 18.7. The molecule has 1 aliphatic heterocycles. The number of hydrogen-bond acceptors (Lipinski definition) is 4. The van der Waals surface area contributed by atoms with E-state index in [1.807, 2.05) is 4.72 Å². The van der Waals surface area contributed by atoms with Gasteiger partial charge in [-0.2, -0.15) is 0 Å². The molecule has 2 rings (SSSR count). The van der Waals surface area contributed by atoms with E-state index >= 15 is 0 Å². The van der Waals surface area contributed by atoms with Crippen molar-refractivity contribution in [3.63, 3.8) is 0 Å². The van der Waals surface area contributed by atoms with Crippen LogP contribution in [0.3, 0.4) is 0 Å². The lowest BCUT2D eigenvalue weighted by molar-refractivity contribution is 0.256. The molecule has 1 aliphatic rings. The van der Waals surface area contributed by atoms with Gasteiger partial charge >= 0.3 is 6.03 Å². The number of nitrogens with one attached hydrogen (secondary N) is 2. The third kappa shape index (κ3) is 1.34. The van der Waals surface area contributed by atoms with Crippen molar-refractivity contribution in [3.8, 4) is 0 Å². The topological polar surface area (TPSA) is 75.3 Å². The van der Waals surface area contributed by atoms with Crippen LogP contribution in [-0.4, -0.2) is 14.4 Å². The maximum atomic E-state index is 11.3. The first-order valence-corrected chi connectivity index (χ1v) is 6.27. The highest BCUT2D eigenvalue weighted by Crippen LogP contribution is 2.37. The van der Waals surface area contributed by atoms with Gasteiger partial charge in [0.1, 0.15) is 4.90 Å². The minimum absolute atomic E-state index is 0.101. The van der Waals surface area contributed by atoms with Crippen molar-refractivity contribution >= 4 is 49.0 Å². The first-order chi connectivity index (χ1) is 6.00. The first kappa shape index (κ1) is 8.97. The van der Waals surface area contributed by atoms with Gasteiger partial charge in [0.2, 0.25) is 0 Å². The van der Waals surface area contributed by atoms with Crippen molar-refractivity contribution in [2.24, 2.45) is 0 Å². The molecule has 2 N–H and O–H groups in total. The number of anilines is 1. The van der Waals surface area contributed by atoms with Crippen LogP contribution >= 0.6 is 27.3 Å². The molecule has 0 spiro atoms. The minimum atomic E-state index is -3.65. The Bertz CT molecular complexity index is 478. The largest absolute Gasteiger partial charge is 0.333 e. The van der Waals surface area contributed by atoms with E-state index in [1.54, 1.807) is 0 Å². The molecular weight excluding hydrogens is 280 g/mol. The Morgan fingerprint density at radius 3 is 2.85 bits per heavy atom. The molecule has 70 valence electrons. The van der Waals surface area contributed by atoms with Gasteiger partial charge in [-0.15, -0.1) is 11.3 Å². The number of urea groups is 1. The van der Waals surface area contributed by atoms with Crippen molar-refractivity contribution in [3.05, 3.63) is 9.17 Å². The standard InChI is InChI=1S/C5H3BrN2O3S2/c6-4-3-2(1-12-4)13(10,11)8-5(9)7-3/h1H,(H2,7,8,9). The zero-order chi connectivity index (χ0) is 9.64. The molecule has 0 atom stereocenters. The second kappa shape index (κ2) is 2.69. The van der Waals surface area contributed by atoms with Gasteiger partial charge in [-0.3, -0.25) is 0 Å². The van der Waals surface area contributed by atoms with Crippen LogP contribution in [-0.2, 0) is 10.0 Å². The van der Waals surface area contributed by atoms with Crippen LogP contribution in [0.4, 0.5) is 10.5 Å². The molecule has 0 aliphatic carbocycles. The maximum absolute atomic E-state index is 11.3. The molecule has 0 aromatic carbocycles. The van der Waals surface area contributed by atoms with Crippen LogP contribution in [0.15, 0.2) is 14.1 Å². The monoisotopic (exact) mass is 282 g/mol. The number of halogens is 1. The molecule has 0 fully saturated rings. The van der Waals surface area contributed by atoms with E-state index in [0.717, 1.165) is 0 Å². The molecule has 0 saturated heterocycles. The second-order valence-corrected chi connectivity index (χ2v) is 6.16. The van der Waals surface area contributed by atoms with Crippen LogP contribution in [0.1, 0.15) is 0 Å². The maximum Gasteiger partial charge on any atom is 0.333 e. The molecular formula is C5H3BrN2O3S2. The SMILES string of the molecule is O=C1Nc2c(csc2Br)S(=O)(=O)N1. The molecule has 0 radical (unpaired) electrons. The highest BCUT2D eigenvalue weighted by molar-refractivity contribution is 9.11. The highest BCUT2D eigenvalue weighted by atomic mass is 79.9. The summed E-state index contributed by atoms with van der Waals surface area (Å²) < 4.78 is 25.1. The average molecular weight is 283 g/mol. The number of amides is 2. The van der Waals surface area contributed by atoms with Crippen LogP contribution in [0.25, 0.3) is 0 Å². The molecule has 2 heterocycles. The summed E-state index contributed by atoms with van der Waals surface area (Å²) in [6.07, 6.45) is 0. The van der Waals surface area contributed by atoms with E-state index in [-0.39, 0.29) is 4.90 Å². The summed E-state index contributed by atoms with van der Waals surface area (Å²) in [5.41, 5.74) is 0.314. The van der Waals surface area contributed by atoms with Gasteiger partial charge < -0.3 is 5.32 Å². The fourth-order valence-electron chi connectivity index (χ4n) is 0.944. The summed E-state index contributed by atoms with van der Waals surface area (Å²) in [5.74, 6) is 0. The van der Waals surface area contributed by atoms with Crippen LogP contribution < -0.4 is 10.0 Å². The van der Waals surface area contributed by atoms with Crippen LogP contribution in [0.2, 0.25) is 0 Å². The molecule has 1 aromatic heterocycles. The number of carbonyl (C=O) groups is 1. The van der Waals surface area contributed by atoms with Crippen molar-refractivity contribution in [2.45, 2.75) is 4.90 Å². The Morgan fingerprint density at radius 2 is 2.15 bits per heavy atom. The van der Waals surface area contributed by atoms with Crippen molar-refractivity contribution in [1.82, 2.24) is 4.72 Å². The number of fused-ring (bicyclic) bond motifs is 1. The number of carbonyl (C=O) groups excluding carboxylic acids is 1. The quantitative estimate of drug-likeness (QED) is 0.754. The Morgan fingerprint density at radius 1 is 1.46 bits per heavy atom. The lowest BCUT2D eigenvalue weighted by Crippen LogP contribution is -2.38.